The summed E-state index contributed by atoms with van der Waals surface area (Å²) in [5, 5.41) is 0. The van der Waals surface area contributed by atoms with E-state index in [-0.39, 0.29) is 5.91 Å². The van der Waals surface area contributed by atoms with Gasteiger partial charge in [0.2, 0.25) is 0 Å². The maximum absolute atomic E-state index is 11.9. The standard InChI is InChI=1S/C14H21NOSiTe/c1-15(2)13(16)11-14(17(3,4)5)18-12-9-7-6-8-10-12/h6-11H,1-5H3/b14-11+. The van der Waals surface area contributed by atoms with Gasteiger partial charge in [-0.1, -0.05) is 0 Å². The minimum absolute atomic E-state index is 0.119. The Bertz CT molecular complexity index is 435. The van der Waals surface area contributed by atoms with Crippen molar-refractivity contribution in [3.63, 3.8) is 0 Å². The van der Waals surface area contributed by atoms with E-state index in [1.807, 2.05) is 26.2 Å². The van der Waals surface area contributed by atoms with Crippen LogP contribution < -0.4 is 3.61 Å². The summed E-state index contributed by atoms with van der Waals surface area (Å²) in [7, 11) is 2.21. The normalized spacial score (nSPS) is 12.4. The molecule has 1 aromatic rings. The number of carbonyl (C=O) groups excluding carboxylic acids is 1. The molecule has 0 aliphatic carbocycles. The van der Waals surface area contributed by atoms with Crippen LogP contribution in [0.25, 0.3) is 0 Å². The summed E-state index contributed by atoms with van der Waals surface area (Å²) in [4.78, 5) is 13.5. The van der Waals surface area contributed by atoms with E-state index in [9.17, 15) is 4.79 Å². The van der Waals surface area contributed by atoms with Crippen molar-refractivity contribution >= 4 is 38.5 Å². The average Bonchev–Trinajstić information content (AvgIpc) is 2.28. The van der Waals surface area contributed by atoms with Gasteiger partial charge in [-0.2, -0.15) is 0 Å². The van der Waals surface area contributed by atoms with E-state index in [1.165, 1.54) is 6.86 Å². The number of amides is 1. The molecule has 0 unspecified atom stereocenters. The van der Waals surface area contributed by atoms with Crippen molar-refractivity contribution in [1.29, 1.82) is 0 Å². The SMILES string of the molecule is CN(C)C(=O)/C=C(/[Te]c1ccccc1)[Si](C)(C)C. The number of hydrogen-bond acceptors (Lipinski definition) is 1. The first kappa shape index (κ1) is 15.5. The third-order valence-electron chi connectivity index (χ3n) is 2.41. The van der Waals surface area contributed by atoms with Crippen molar-refractivity contribution in [3.05, 3.63) is 39.7 Å². The van der Waals surface area contributed by atoms with Crippen LogP contribution in [0.4, 0.5) is 0 Å². The summed E-state index contributed by atoms with van der Waals surface area (Å²) >= 11 is -0.412. The fourth-order valence-electron chi connectivity index (χ4n) is 1.26. The third kappa shape index (κ3) is 4.97. The third-order valence-corrected chi connectivity index (χ3v) is 12.4. The van der Waals surface area contributed by atoms with E-state index >= 15 is 0 Å². The molecule has 0 radical (unpaired) electrons. The van der Waals surface area contributed by atoms with Crippen LogP contribution in [-0.4, -0.2) is 53.9 Å². The summed E-state index contributed by atoms with van der Waals surface area (Å²) < 4.78 is 2.83. The van der Waals surface area contributed by atoms with Crippen LogP contribution in [0, 0.1) is 0 Å². The molecule has 0 aliphatic rings. The molecule has 1 rings (SSSR count). The fraction of sp³-hybridized carbons (Fsp3) is 0.357. The van der Waals surface area contributed by atoms with Crippen LogP contribution >= 0.6 is 0 Å². The Balaban J connectivity index is 2.98. The van der Waals surface area contributed by atoms with Gasteiger partial charge in [0.1, 0.15) is 0 Å². The first-order valence-electron chi connectivity index (χ1n) is 5.97. The Morgan fingerprint density at radius 1 is 1.17 bits per heavy atom. The number of rotatable bonds is 4. The molecule has 0 aromatic heterocycles. The van der Waals surface area contributed by atoms with Gasteiger partial charge in [0.15, 0.2) is 0 Å². The van der Waals surface area contributed by atoms with Gasteiger partial charge in [-0.05, 0) is 0 Å². The molecule has 2 nitrogen and oxygen atoms in total. The number of likely N-dealkylation sites (N-methyl/N-ethyl adjacent to an activating group) is 1. The van der Waals surface area contributed by atoms with Crippen LogP contribution in [0.5, 0.6) is 0 Å². The molecule has 0 aliphatic heterocycles. The van der Waals surface area contributed by atoms with Crippen LogP contribution in [0.2, 0.25) is 19.6 Å². The molecule has 0 spiro atoms. The van der Waals surface area contributed by atoms with E-state index in [4.69, 9.17) is 0 Å². The second kappa shape index (κ2) is 6.56. The van der Waals surface area contributed by atoms with Gasteiger partial charge in [-0.25, -0.2) is 0 Å². The predicted octanol–water partition coefficient (Wildman–Crippen LogP) is 1.87. The van der Waals surface area contributed by atoms with Gasteiger partial charge in [-0.3, -0.25) is 0 Å². The van der Waals surface area contributed by atoms with Crippen LogP contribution in [0.1, 0.15) is 0 Å². The van der Waals surface area contributed by atoms with E-state index in [0.717, 1.165) is 0 Å². The van der Waals surface area contributed by atoms with Gasteiger partial charge in [0.25, 0.3) is 0 Å². The summed E-state index contributed by atoms with van der Waals surface area (Å²) in [6.45, 7) is 6.94. The average molecular weight is 375 g/mol. The molecule has 98 valence electrons. The number of hydrogen-bond donors (Lipinski definition) is 0. The van der Waals surface area contributed by atoms with E-state index in [0.29, 0.717) is 0 Å². The molecule has 0 N–H and O–H groups in total. The van der Waals surface area contributed by atoms with Gasteiger partial charge in [0.05, 0.1) is 0 Å². The molecule has 0 atom stereocenters. The molecule has 1 aromatic carbocycles. The van der Waals surface area contributed by atoms with Crippen LogP contribution in [0.3, 0.4) is 0 Å². The summed E-state index contributed by atoms with van der Waals surface area (Å²) in [6, 6.07) is 10.6. The van der Waals surface area contributed by atoms with E-state index in [1.54, 1.807) is 4.90 Å². The monoisotopic (exact) mass is 377 g/mol. The maximum atomic E-state index is 11.9. The second-order valence-corrected chi connectivity index (χ2v) is 14.7. The minimum atomic E-state index is -1.41. The Hall–Kier alpha value is -0.564. The molecule has 4 heteroatoms. The van der Waals surface area contributed by atoms with Crippen molar-refractivity contribution in [3.8, 4) is 0 Å². The zero-order valence-corrected chi connectivity index (χ0v) is 15.1. The first-order valence-corrected chi connectivity index (χ1v) is 11.8. The zero-order valence-electron chi connectivity index (χ0n) is 11.7. The van der Waals surface area contributed by atoms with Crippen molar-refractivity contribution in [2.24, 2.45) is 0 Å². The number of carbonyl (C=O) groups is 1. The zero-order chi connectivity index (χ0) is 13.8. The second-order valence-electron chi connectivity index (χ2n) is 5.41. The summed E-state index contributed by atoms with van der Waals surface area (Å²) in [5.74, 6) is 0.119. The van der Waals surface area contributed by atoms with Crippen molar-refractivity contribution < 1.29 is 4.79 Å². The van der Waals surface area contributed by atoms with E-state index < -0.39 is 29.0 Å². The molecule has 1 amide bonds. The molecule has 0 heterocycles. The van der Waals surface area contributed by atoms with Crippen molar-refractivity contribution in [2.75, 3.05) is 14.1 Å². The van der Waals surface area contributed by atoms with Gasteiger partial charge in [0, 0.05) is 0 Å². The van der Waals surface area contributed by atoms with E-state index in [2.05, 4.69) is 43.9 Å². The molecular weight excluding hydrogens is 354 g/mol. The predicted molar refractivity (Wildman–Crippen MR) is 82.0 cm³/mol. The van der Waals surface area contributed by atoms with Gasteiger partial charge < -0.3 is 0 Å². The van der Waals surface area contributed by atoms with Crippen LogP contribution in [-0.2, 0) is 4.79 Å². The Kier molecular flexibility index (Phi) is 5.65. The van der Waals surface area contributed by atoms with Gasteiger partial charge >= 0.3 is 122 Å². The number of nitrogens with zero attached hydrogens (tertiary/aromatic N) is 1. The molecule has 0 saturated carbocycles. The topological polar surface area (TPSA) is 20.3 Å². The quantitative estimate of drug-likeness (QED) is 0.582. The number of benzene rings is 1. The molecule has 18 heavy (non-hydrogen) atoms. The summed E-state index contributed by atoms with van der Waals surface area (Å²) in [5.41, 5.74) is 0. The Labute approximate surface area is 121 Å². The molecule has 0 bridgehead atoms. The summed E-state index contributed by atoms with van der Waals surface area (Å²) in [6.07, 6.45) is 1.89. The Morgan fingerprint density at radius 2 is 1.72 bits per heavy atom. The molecule has 0 fully saturated rings. The van der Waals surface area contributed by atoms with Crippen molar-refractivity contribution in [1.82, 2.24) is 4.90 Å². The fourth-order valence-corrected chi connectivity index (χ4v) is 7.55. The van der Waals surface area contributed by atoms with Crippen LogP contribution in [0.15, 0.2) is 39.7 Å². The molecule has 0 saturated heterocycles. The Morgan fingerprint density at radius 3 is 2.17 bits per heavy atom. The molecular formula is C14H21NOSiTe. The first-order chi connectivity index (χ1) is 8.30. The van der Waals surface area contributed by atoms with Crippen molar-refractivity contribution in [2.45, 2.75) is 19.6 Å². The van der Waals surface area contributed by atoms with Gasteiger partial charge in [-0.15, -0.1) is 0 Å².